The van der Waals surface area contributed by atoms with Gasteiger partial charge in [0.25, 0.3) is 5.91 Å². The van der Waals surface area contributed by atoms with Gasteiger partial charge in [-0.25, -0.2) is 4.79 Å². The van der Waals surface area contributed by atoms with E-state index < -0.39 is 6.04 Å². The largest absolute Gasteiger partial charge is 0.464 e. The summed E-state index contributed by atoms with van der Waals surface area (Å²) in [6.45, 7) is 4.51. The van der Waals surface area contributed by atoms with Gasteiger partial charge in [0.15, 0.2) is 0 Å². The number of nitrogens with zero attached hydrogens (tertiary/aromatic N) is 1. The van der Waals surface area contributed by atoms with Gasteiger partial charge in [-0.15, -0.1) is 0 Å². The number of para-hydroxylation sites is 1. The summed E-state index contributed by atoms with van der Waals surface area (Å²) in [6.07, 6.45) is 1.46. The fraction of sp³-hybridized carbons (Fsp3) is 0.467. The first-order valence-electron chi connectivity index (χ1n) is 6.89. The number of ether oxygens (including phenoxy) is 1. The molecule has 1 unspecified atom stereocenters. The summed E-state index contributed by atoms with van der Waals surface area (Å²) in [5, 5.41) is 0. The summed E-state index contributed by atoms with van der Waals surface area (Å²) in [4.78, 5) is 26.0. The zero-order valence-electron chi connectivity index (χ0n) is 11.9. The number of hydrogen-bond donors (Lipinski definition) is 1. The molecule has 5 heteroatoms. The quantitative estimate of drug-likeness (QED) is 0.674. The topological polar surface area (TPSA) is 72.6 Å². The highest BCUT2D eigenvalue weighted by Crippen LogP contribution is 2.24. The number of amides is 1. The first-order chi connectivity index (χ1) is 9.56. The highest BCUT2D eigenvalue weighted by atomic mass is 16.5. The number of carbonyl (C=O) groups is 2. The third-order valence-electron chi connectivity index (χ3n) is 3.63. The van der Waals surface area contributed by atoms with E-state index in [1.54, 1.807) is 24.0 Å². The Bertz CT molecular complexity index is 528. The summed E-state index contributed by atoms with van der Waals surface area (Å²) >= 11 is 0. The molecular weight excluding hydrogens is 256 g/mol. The average Bonchev–Trinajstić information content (AvgIpc) is 2.91. The zero-order chi connectivity index (χ0) is 14.7. The van der Waals surface area contributed by atoms with Crippen molar-refractivity contribution in [3.63, 3.8) is 0 Å². The predicted octanol–water partition coefficient (Wildman–Crippen LogP) is 1.74. The zero-order valence-corrected chi connectivity index (χ0v) is 11.9. The molecule has 0 spiro atoms. The molecule has 2 rings (SSSR count). The fourth-order valence-corrected chi connectivity index (χ4v) is 2.52. The third kappa shape index (κ3) is 2.61. The molecule has 2 N–H and O–H groups in total. The minimum absolute atomic E-state index is 0.193. The smallest absolute Gasteiger partial charge is 0.328 e. The number of esters is 1. The maximum atomic E-state index is 12.6. The van der Waals surface area contributed by atoms with E-state index in [-0.39, 0.29) is 11.9 Å². The number of anilines is 1. The van der Waals surface area contributed by atoms with Crippen LogP contribution in [0.4, 0.5) is 5.69 Å². The lowest BCUT2D eigenvalue weighted by Gasteiger charge is -2.24. The van der Waals surface area contributed by atoms with Gasteiger partial charge in [0.2, 0.25) is 0 Å². The molecule has 0 saturated carbocycles. The van der Waals surface area contributed by atoms with Gasteiger partial charge in [-0.05, 0) is 38.3 Å². The van der Waals surface area contributed by atoms with Gasteiger partial charge in [-0.1, -0.05) is 12.1 Å². The Morgan fingerprint density at radius 2 is 2.20 bits per heavy atom. The maximum absolute atomic E-state index is 12.6. The van der Waals surface area contributed by atoms with E-state index in [0.29, 0.717) is 30.8 Å². The number of carbonyl (C=O) groups excluding carboxylic acids is 2. The van der Waals surface area contributed by atoms with Crippen LogP contribution < -0.4 is 5.73 Å². The summed E-state index contributed by atoms with van der Waals surface area (Å²) in [7, 11) is 0. The van der Waals surface area contributed by atoms with Crippen LogP contribution >= 0.6 is 0 Å². The number of aryl methyl sites for hydroxylation is 1. The molecule has 5 nitrogen and oxygen atoms in total. The second-order valence-corrected chi connectivity index (χ2v) is 4.94. The molecule has 1 heterocycles. The molecule has 1 amide bonds. The van der Waals surface area contributed by atoms with Crippen molar-refractivity contribution in [1.29, 1.82) is 0 Å². The normalized spacial score (nSPS) is 18.1. The van der Waals surface area contributed by atoms with E-state index in [9.17, 15) is 9.59 Å². The summed E-state index contributed by atoms with van der Waals surface area (Å²) in [5.74, 6) is -0.522. The van der Waals surface area contributed by atoms with Gasteiger partial charge in [0.1, 0.15) is 6.04 Å². The molecule has 1 aliphatic heterocycles. The summed E-state index contributed by atoms with van der Waals surface area (Å²) in [5.41, 5.74) is 7.77. The molecule has 1 aliphatic rings. The van der Waals surface area contributed by atoms with E-state index in [0.717, 1.165) is 12.0 Å². The number of likely N-dealkylation sites (tertiary alicyclic amines) is 1. The van der Waals surface area contributed by atoms with Crippen molar-refractivity contribution in [2.24, 2.45) is 0 Å². The fourth-order valence-electron chi connectivity index (χ4n) is 2.52. The van der Waals surface area contributed by atoms with Crippen LogP contribution in [0.5, 0.6) is 0 Å². The van der Waals surface area contributed by atoms with E-state index in [2.05, 4.69) is 0 Å². The Balaban J connectivity index is 2.23. The lowest BCUT2D eigenvalue weighted by molar-refractivity contribution is -0.147. The van der Waals surface area contributed by atoms with Crippen LogP contribution in [0.2, 0.25) is 0 Å². The molecule has 1 atom stereocenters. The minimum Gasteiger partial charge on any atom is -0.464 e. The molecule has 0 aromatic heterocycles. The lowest BCUT2D eigenvalue weighted by Crippen LogP contribution is -2.41. The van der Waals surface area contributed by atoms with Gasteiger partial charge in [-0.3, -0.25) is 4.79 Å². The number of rotatable bonds is 3. The van der Waals surface area contributed by atoms with Crippen LogP contribution in [0.3, 0.4) is 0 Å². The second kappa shape index (κ2) is 5.94. The van der Waals surface area contributed by atoms with E-state index in [1.807, 2.05) is 13.0 Å². The molecule has 0 bridgehead atoms. The third-order valence-corrected chi connectivity index (χ3v) is 3.63. The standard InChI is InChI=1S/C15H20N2O3/c1-3-20-15(19)12-8-5-9-17(12)14(18)11-7-4-6-10(2)13(11)16/h4,6-7,12H,3,5,8-9,16H2,1-2H3. The SMILES string of the molecule is CCOC(=O)C1CCCN1C(=O)c1cccc(C)c1N. The van der Waals surface area contributed by atoms with Crippen molar-refractivity contribution in [3.8, 4) is 0 Å². The number of nitrogens with two attached hydrogens (primary N) is 1. The Morgan fingerprint density at radius 3 is 2.90 bits per heavy atom. The maximum Gasteiger partial charge on any atom is 0.328 e. The monoisotopic (exact) mass is 276 g/mol. The van der Waals surface area contributed by atoms with Gasteiger partial charge >= 0.3 is 5.97 Å². The van der Waals surface area contributed by atoms with Crippen LogP contribution in [0.25, 0.3) is 0 Å². The Kier molecular flexibility index (Phi) is 4.27. The minimum atomic E-state index is -0.484. The van der Waals surface area contributed by atoms with E-state index in [4.69, 9.17) is 10.5 Å². The van der Waals surface area contributed by atoms with Crippen molar-refractivity contribution >= 4 is 17.6 Å². The Labute approximate surface area is 118 Å². The van der Waals surface area contributed by atoms with Crippen molar-refractivity contribution < 1.29 is 14.3 Å². The summed E-state index contributed by atoms with van der Waals surface area (Å²) < 4.78 is 5.03. The lowest BCUT2D eigenvalue weighted by atomic mass is 10.1. The molecule has 1 aromatic carbocycles. The van der Waals surface area contributed by atoms with Gasteiger partial charge < -0.3 is 15.4 Å². The van der Waals surface area contributed by atoms with E-state index in [1.165, 1.54) is 0 Å². The first-order valence-corrected chi connectivity index (χ1v) is 6.89. The molecule has 0 aliphatic carbocycles. The van der Waals surface area contributed by atoms with Crippen LogP contribution in [0.1, 0.15) is 35.7 Å². The Hall–Kier alpha value is -2.04. The molecule has 1 aromatic rings. The van der Waals surface area contributed by atoms with Crippen molar-refractivity contribution in [2.75, 3.05) is 18.9 Å². The summed E-state index contributed by atoms with van der Waals surface area (Å²) in [6, 6.07) is 4.88. The Morgan fingerprint density at radius 1 is 1.45 bits per heavy atom. The highest BCUT2D eigenvalue weighted by molar-refractivity contribution is 6.01. The number of benzene rings is 1. The molecule has 1 fully saturated rings. The number of hydrogen-bond acceptors (Lipinski definition) is 4. The number of nitrogen functional groups attached to an aromatic ring is 1. The average molecular weight is 276 g/mol. The molecular formula is C15H20N2O3. The first kappa shape index (κ1) is 14.4. The molecule has 0 radical (unpaired) electrons. The van der Waals surface area contributed by atoms with Crippen LogP contribution in [0, 0.1) is 6.92 Å². The molecule has 20 heavy (non-hydrogen) atoms. The van der Waals surface area contributed by atoms with E-state index >= 15 is 0 Å². The van der Waals surface area contributed by atoms with Crippen molar-refractivity contribution in [2.45, 2.75) is 32.7 Å². The van der Waals surface area contributed by atoms with Crippen molar-refractivity contribution in [1.82, 2.24) is 4.90 Å². The van der Waals surface area contributed by atoms with Crippen LogP contribution in [0.15, 0.2) is 18.2 Å². The molecule has 108 valence electrons. The van der Waals surface area contributed by atoms with Crippen LogP contribution in [-0.2, 0) is 9.53 Å². The van der Waals surface area contributed by atoms with Gasteiger partial charge in [0, 0.05) is 12.2 Å². The molecule has 1 saturated heterocycles. The predicted molar refractivity (Wildman–Crippen MR) is 76.3 cm³/mol. The van der Waals surface area contributed by atoms with Crippen LogP contribution in [-0.4, -0.2) is 36.0 Å². The second-order valence-electron chi connectivity index (χ2n) is 4.94. The highest BCUT2D eigenvalue weighted by Gasteiger charge is 2.36. The van der Waals surface area contributed by atoms with Crippen molar-refractivity contribution in [3.05, 3.63) is 29.3 Å². The van der Waals surface area contributed by atoms with Gasteiger partial charge in [-0.2, -0.15) is 0 Å². The van der Waals surface area contributed by atoms with Gasteiger partial charge in [0.05, 0.1) is 12.2 Å².